The monoisotopic (exact) mass is 537 g/mol. The molecule has 2 aromatic carbocycles. The van der Waals surface area contributed by atoms with E-state index < -0.39 is 11.7 Å². The fourth-order valence-corrected chi connectivity index (χ4v) is 4.73. The Morgan fingerprint density at radius 1 is 1.03 bits per heavy atom. The molecule has 4 aromatic rings. The maximum atomic E-state index is 13.1. The highest BCUT2D eigenvalue weighted by molar-refractivity contribution is 5.95. The highest BCUT2D eigenvalue weighted by Gasteiger charge is 2.30. The fraction of sp³-hybridized carbons (Fsp3) is 0.357. The van der Waals surface area contributed by atoms with Gasteiger partial charge in [-0.15, -0.1) is 0 Å². The lowest BCUT2D eigenvalue weighted by molar-refractivity contribution is -0.137. The Balaban J connectivity index is 1.42. The molecular formula is C28H30F3N7O. The topological polar surface area (TPSA) is 79.2 Å². The van der Waals surface area contributed by atoms with Crippen LogP contribution >= 0.6 is 0 Å². The number of benzene rings is 2. The highest BCUT2D eigenvalue weighted by atomic mass is 19.4. The molecule has 0 radical (unpaired) electrons. The van der Waals surface area contributed by atoms with Crippen LogP contribution in [-0.2, 0) is 12.7 Å². The Bertz CT molecular complexity index is 1470. The number of carbonyl (C=O) groups is 1. The summed E-state index contributed by atoms with van der Waals surface area (Å²) in [6.45, 7) is 7.30. The van der Waals surface area contributed by atoms with Crippen molar-refractivity contribution in [1.29, 1.82) is 0 Å². The van der Waals surface area contributed by atoms with Gasteiger partial charge in [0.1, 0.15) is 12.2 Å². The number of piperazine rings is 1. The summed E-state index contributed by atoms with van der Waals surface area (Å²) >= 11 is 0. The molecule has 5 rings (SSSR count). The predicted molar refractivity (Wildman–Crippen MR) is 143 cm³/mol. The van der Waals surface area contributed by atoms with Gasteiger partial charge in [-0.1, -0.05) is 24.3 Å². The van der Waals surface area contributed by atoms with Crippen LogP contribution in [0.15, 0.2) is 54.9 Å². The number of hydrogen-bond donors (Lipinski definition) is 1. The minimum atomic E-state index is -4.41. The number of anilines is 1. The van der Waals surface area contributed by atoms with E-state index in [4.69, 9.17) is 4.98 Å². The van der Waals surface area contributed by atoms with E-state index in [0.29, 0.717) is 47.0 Å². The molecule has 1 saturated heterocycles. The van der Waals surface area contributed by atoms with Crippen molar-refractivity contribution >= 4 is 22.9 Å². The maximum Gasteiger partial charge on any atom is 0.416 e. The Morgan fingerprint density at radius 2 is 1.74 bits per heavy atom. The van der Waals surface area contributed by atoms with Gasteiger partial charge in [0.05, 0.1) is 5.56 Å². The second-order valence-electron chi connectivity index (χ2n) is 10.0. The lowest BCUT2D eigenvalue weighted by Gasteiger charge is -2.32. The van der Waals surface area contributed by atoms with Crippen molar-refractivity contribution in [3.05, 3.63) is 71.5 Å². The van der Waals surface area contributed by atoms with Crippen molar-refractivity contribution in [2.45, 2.75) is 32.6 Å². The van der Waals surface area contributed by atoms with Crippen molar-refractivity contribution < 1.29 is 18.0 Å². The molecule has 11 heteroatoms. The number of hydrogen-bond acceptors (Lipinski definition) is 6. The number of fused-ring (bicyclic) bond motifs is 1. The van der Waals surface area contributed by atoms with Gasteiger partial charge in [-0.05, 0) is 50.7 Å². The van der Waals surface area contributed by atoms with Gasteiger partial charge in [0.2, 0.25) is 0 Å². The van der Waals surface area contributed by atoms with E-state index in [0.717, 1.165) is 30.8 Å². The second kappa shape index (κ2) is 10.6. The van der Waals surface area contributed by atoms with Crippen molar-refractivity contribution in [3.63, 3.8) is 0 Å². The van der Waals surface area contributed by atoms with Gasteiger partial charge in [-0.2, -0.15) is 13.2 Å². The molecule has 39 heavy (non-hydrogen) atoms. The minimum absolute atomic E-state index is 0.0129. The summed E-state index contributed by atoms with van der Waals surface area (Å²) in [5, 5.41) is 3.13. The zero-order valence-corrected chi connectivity index (χ0v) is 22.0. The van der Waals surface area contributed by atoms with E-state index in [2.05, 4.69) is 20.2 Å². The van der Waals surface area contributed by atoms with E-state index in [1.807, 2.05) is 54.6 Å². The van der Waals surface area contributed by atoms with Gasteiger partial charge in [0.25, 0.3) is 5.91 Å². The number of amides is 1. The molecular weight excluding hydrogens is 507 g/mol. The fourth-order valence-electron chi connectivity index (χ4n) is 4.73. The first-order valence-electron chi connectivity index (χ1n) is 12.8. The van der Waals surface area contributed by atoms with Gasteiger partial charge >= 0.3 is 6.18 Å². The maximum absolute atomic E-state index is 13.1. The number of halogens is 3. The average Bonchev–Trinajstić information content (AvgIpc) is 3.32. The summed E-state index contributed by atoms with van der Waals surface area (Å²) in [5.41, 5.74) is 2.35. The average molecular weight is 538 g/mol. The lowest BCUT2D eigenvalue weighted by Crippen LogP contribution is -2.47. The standard InChI is InChI=1S/C28H30F3N7O/c1-18(2)38-25(20-7-9-21(10-8-20)27(39)37-13-11-36(3)12-14-37)35-23-24(33-17-34-26(23)38)32-16-19-5-4-6-22(15-19)28(29,30)31/h4-10,15,17-18H,11-14,16H2,1-3H3,(H,32,33,34). The van der Waals surface area contributed by atoms with E-state index >= 15 is 0 Å². The Labute approximate surface area is 224 Å². The Hall–Kier alpha value is -3.99. The van der Waals surface area contributed by atoms with Crippen molar-refractivity contribution in [1.82, 2.24) is 29.3 Å². The van der Waals surface area contributed by atoms with E-state index in [9.17, 15) is 18.0 Å². The molecule has 0 saturated carbocycles. The Kier molecular flexibility index (Phi) is 7.26. The van der Waals surface area contributed by atoms with Crippen LogP contribution in [0, 0.1) is 0 Å². The molecule has 1 N–H and O–H groups in total. The van der Waals surface area contributed by atoms with Gasteiger partial charge in [0, 0.05) is 49.9 Å². The molecule has 1 aliphatic heterocycles. The molecule has 2 aromatic heterocycles. The van der Waals surface area contributed by atoms with Crippen LogP contribution in [-0.4, -0.2) is 68.5 Å². The summed E-state index contributed by atoms with van der Waals surface area (Å²) in [5.74, 6) is 1.11. The third-order valence-corrected chi connectivity index (χ3v) is 6.89. The number of imidazole rings is 1. The molecule has 3 heterocycles. The van der Waals surface area contributed by atoms with E-state index in [1.54, 1.807) is 6.07 Å². The molecule has 1 amide bonds. The van der Waals surface area contributed by atoms with E-state index in [-0.39, 0.29) is 18.5 Å². The number of alkyl halides is 3. The number of aromatic nitrogens is 4. The molecule has 204 valence electrons. The van der Waals surface area contributed by atoms with Crippen LogP contribution in [0.3, 0.4) is 0 Å². The summed E-state index contributed by atoms with van der Waals surface area (Å²) in [7, 11) is 2.05. The summed E-state index contributed by atoms with van der Waals surface area (Å²) < 4.78 is 41.4. The lowest BCUT2D eigenvalue weighted by atomic mass is 10.1. The highest BCUT2D eigenvalue weighted by Crippen LogP contribution is 2.32. The number of rotatable bonds is 6. The molecule has 8 nitrogen and oxygen atoms in total. The normalized spacial score (nSPS) is 14.8. The SMILES string of the molecule is CC(C)n1c(-c2ccc(C(=O)N3CCN(C)CC3)cc2)nc2c(NCc3cccc(C(F)(F)F)c3)ncnc21. The largest absolute Gasteiger partial charge is 0.416 e. The number of nitrogens with zero attached hydrogens (tertiary/aromatic N) is 6. The number of nitrogens with one attached hydrogen (secondary N) is 1. The van der Waals surface area contributed by atoms with Crippen LogP contribution in [0.25, 0.3) is 22.6 Å². The van der Waals surface area contributed by atoms with Gasteiger partial charge < -0.3 is 19.7 Å². The smallest absolute Gasteiger partial charge is 0.364 e. The summed E-state index contributed by atoms with van der Waals surface area (Å²) in [4.78, 5) is 30.7. The quantitative estimate of drug-likeness (QED) is 0.369. The van der Waals surface area contributed by atoms with Crippen LogP contribution in [0.1, 0.15) is 41.4 Å². The molecule has 0 aliphatic carbocycles. The van der Waals surface area contributed by atoms with Crippen molar-refractivity contribution in [3.8, 4) is 11.4 Å². The number of carbonyl (C=O) groups excluding carboxylic acids is 1. The molecule has 0 bridgehead atoms. The third-order valence-electron chi connectivity index (χ3n) is 6.89. The first-order chi connectivity index (χ1) is 18.6. The van der Waals surface area contributed by atoms with Crippen molar-refractivity contribution in [2.75, 3.05) is 38.5 Å². The van der Waals surface area contributed by atoms with Gasteiger partial charge in [0.15, 0.2) is 17.0 Å². The summed E-state index contributed by atoms with van der Waals surface area (Å²) in [6, 6.07) is 12.6. The van der Waals surface area contributed by atoms with Crippen LogP contribution in [0.5, 0.6) is 0 Å². The van der Waals surface area contributed by atoms with Crippen molar-refractivity contribution in [2.24, 2.45) is 0 Å². The second-order valence-corrected chi connectivity index (χ2v) is 10.0. The molecule has 0 spiro atoms. The predicted octanol–water partition coefficient (Wildman–Crippen LogP) is 5.09. The van der Waals surface area contributed by atoms with Crippen LogP contribution < -0.4 is 5.32 Å². The zero-order chi connectivity index (χ0) is 27.7. The van der Waals surface area contributed by atoms with Gasteiger partial charge in [-0.3, -0.25) is 4.79 Å². The van der Waals surface area contributed by atoms with Crippen LogP contribution in [0.4, 0.5) is 19.0 Å². The van der Waals surface area contributed by atoms with Crippen LogP contribution in [0.2, 0.25) is 0 Å². The number of likely N-dealkylation sites (N-methyl/N-ethyl adjacent to an activating group) is 1. The molecule has 0 unspecified atom stereocenters. The minimum Gasteiger partial charge on any atom is -0.364 e. The Morgan fingerprint density at radius 3 is 2.41 bits per heavy atom. The molecule has 0 atom stereocenters. The zero-order valence-electron chi connectivity index (χ0n) is 22.0. The third kappa shape index (κ3) is 5.58. The molecule has 1 fully saturated rings. The first-order valence-corrected chi connectivity index (χ1v) is 12.8. The first kappa shape index (κ1) is 26.6. The molecule has 1 aliphatic rings. The summed E-state index contributed by atoms with van der Waals surface area (Å²) in [6.07, 6.45) is -2.99. The van der Waals surface area contributed by atoms with Gasteiger partial charge in [-0.25, -0.2) is 15.0 Å². The van der Waals surface area contributed by atoms with E-state index in [1.165, 1.54) is 12.4 Å².